The molecule has 0 amide bonds. The molecule has 7 heteroatoms. The van der Waals surface area contributed by atoms with Gasteiger partial charge in [0, 0.05) is 11.3 Å². The molecule has 3 aromatic rings. The van der Waals surface area contributed by atoms with E-state index in [9.17, 15) is 4.79 Å². The summed E-state index contributed by atoms with van der Waals surface area (Å²) in [7, 11) is 3.21. The van der Waals surface area contributed by atoms with Crippen LogP contribution in [0.15, 0.2) is 66.4 Å². The van der Waals surface area contributed by atoms with Gasteiger partial charge in [-0.05, 0) is 37.3 Å². The molecule has 1 N–H and O–H groups in total. The molecule has 0 fully saturated rings. The summed E-state index contributed by atoms with van der Waals surface area (Å²) in [5.41, 5.74) is 3.62. The maximum atomic E-state index is 13.1. The minimum absolute atomic E-state index is 0.120. The molecule has 0 saturated carbocycles. The number of imidazole rings is 1. The summed E-state index contributed by atoms with van der Waals surface area (Å²) in [6, 6.07) is 12.8. The van der Waals surface area contributed by atoms with Crippen molar-refractivity contribution in [2.45, 2.75) is 13.0 Å². The number of aromatic nitrogens is 2. The van der Waals surface area contributed by atoms with Gasteiger partial charge in [-0.15, -0.1) is 0 Å². The summed E-state index contributed by atoms with van der Waals surface area (Å²) in [6.45, 7) is 5.59. The Bertz CT molecular complexity index is 1160. The number of anilines is 1. The molecule has 0 radical (unpaired) electrons. The number of rotatable bonds is 6. The lowest BCUT2D eigenvalue weighted by Crippen LogP contribution is -2.29. The number of carbonyl (C=O) groups excluding carboxylic acids is 1. The zero-order valence-electron chi connectivity index (χ0n) is 17.1. The van der Waals surface area contributed by atoms with Crippen LogP contribution in [0.25, 0.3) is 11.0 Å². The highest BCUT2D eigenvalue weighted by atomic mass is 16.5. The van der Waals surface area contributed by atoms with Gasteiger partial charge in [0.1, 0.15) is 18.1 Å². The monoisotopic (exact) mass is 405 g/mol. The lowest BCUT2D eigenvalue weighted by molar-refractivity contribution is -0.138. The molecule has 2 heterocycles. The van der Waals surface area contributed by atoms with Gasteiger partial charge in [0.05, 0.1) is 36.9 Å². The molecule has 0 saturated heterocycles. The van der Waals surface area contributed by atoms with Crippen molar-refractivity contribution in [3.05, 3.63) is 72.0 Å². The molecule has 1 unspecified atom stereocenters. The Morgan fingerprint density at radius 1 is 1.23 bits per heavy atom. The number of nitrogens with one attached hydrogen (secondary N) is 1. The van der Waals surface area contributed by atoms with E-state index < -0.39 is 12.0 Å². The van der Waals surface area contributed by atoms with Crippen LogP contribution in [0, 0.1) is 0 Å². The summed E-state index contributed by atoms with van der Waals surface area (Å²) in [6.07, 6.45) is 1.54. The normalized spacial score (nSPS) is 15.4. The van der Waals surface area contributed by atoms with E-state index in [2.05, 4.69) is 11.9 Å². The molecule has 1 aromatic heterocycles. The summed E-state index contributed by atoms with van der Waals surface area (Å²) in [4.78, 5) is 17.8. The van der Waals surface area contributed by atoms with Gasteiger partial charge in [0.25, 0.3) is 0 Å². The van der Waals surface area contributed by atoms with Gasteiger partial charge < -0.3 is 19.5 Å². The van der Waals surface area contributed by atoms with E-state index in [1.54, 1.807) is 20.3 Å². The first kappa shape index (κ1) is 19.6. The Hall–Kier alpha value is -3.74. The Morgan fingerprint density at radius 3 is 2.77 bits per heavy atom. The molecule has 0 bridgehead atoms. The second kappa shape index (κ2) is 7.94. The zero-order chi connectivity index (χ0) is 21.3. The maximum Gasteiger partial charge on any atom is 0.338 e. The molecule has 30 heavy (non-hydrogen) atoms. The van der Waals surface area contributed by atoms with Crippen LogP contribution in [-0.2, 0) is 9.53 Å². The van der Waals surface area contributed by atoms with Crippen LogP contribution in [0.3, 0.4) is 0 Å². The number of fused-ring (bicyclic) bond motifs is 3. The highest BCUT2D eigenvalue weighted by Crippen LogP contribution is 2.43. The minimum atomic E-state index is -0.518. The number of methoxy groups -OCH3 is 2. The van der Waals surface area contributed by atoms with E-state index >= 15 is 0 Å². The van der Waals surface area contributed by atoms with Crippen molar-refractivity contribution in [2.75, 3.05) is 26.1 Å². The first-order valence-corrected chi connectivity index (χ1v) is 9.53. The van der Waals surface area contributed by atoms with Crippen LogP contribution >= 0.6 is 0 Å². The SMILES string of the molecule is C=CCOC(=O)C1=C(C)Nc2nc3ccccc3n2C1c1cc(OC)ccc1OC. The summed E-state index contributed by atoms with van der Waals surface area (Å²) < 4.78 is 18.5. The van der Waals surface area contributed by atoms with Crippen LogP contribution in [0.4, 0.5) is 5.95 Å². The van der Waals surface area contributed by atoms with E-state index in [1.807, 2.05) is 54.0 Å². The van der Waals surface area contributed by atoms with Crippen LogP contribution in [0.5, 0.6) is 11.5 Å². The number of allylic oxidation sites excluding steroid dienone is 1. The van der Waals surface area contributed by atoms with Crippen molar-refractivity contribution in [3.63, 3.8) is 0 Å². The Morgan fingerprint density at radius 2 is 2.03 bits per heavy atom. The third-order valence-electron chi connectivity index (χ3n) is 5.11. The first-order valence-electron chi connectivity index (χ1n) is 9.53. The molecule has 1 aliphatic rings. The topological polar surface area (TPSA) is 74.6 Å². The highest BCUT2D eigenvalue weighted by molar-refractivity contribution is 5.94. The lowest BCUT2D eigenvalue weighted by Gasteiger charge is -2.31. The molecule has 0 spiro atoms. The van der Waals surface area contributed by atoms with Gasteiger partial charge in [-0.1, -0.05) is 24.8 Å². The number of hydrogen-bond acceptors (Lipinski definition) is 6. The average Bonchev–Trinajstić information content (AvgIpc) is 3.13. The second-order valence-corrected chi connectivity index (χ2v) is 6.86. The van der Waals surface area contributed by atoms with E-state index in [4.69, 9.17) is 19.2 Å². The number of nitrogens with zero attached hydrogens (tertiary/aromatic N) is 2. The van der Waals surface area contributed by atoms with Crippen molar-refractivity contribution in [3.8, 4) is 11.5 Å². The third kappa shape index (κ3) is 3.18. The third-order valence-corrected chi connectivity index (χ3v) is 5.11. The number of benzene rings is 2. The van der Waals surface area contributed by atoms with Crippen molar-refractivity contribution in [2.24, 2.45) is 0 Å². The fourth-order valence-electron chi connectivity index (χ4n) is 3.79. The number of ether oxygens (including phenoxy) is 3. The predicted molar refractivity (Wildman–Crippen MR) is 115 cm³/mol. The maximum absolute atomic E-state index is 13.1. The Kier molecular flexibility index (Phi) is 5.18. The molecule has 0 aliphatic carbocycles. The number of hydrogen-bond donors (Lipinski definition) is 1. The van der Waals surface area contributed by atoms with Gasteiger partial charge in [0.15, 0.2) is 0 Å². The van der Waals surface area contributed by atoms with Crippen LogP contribution in [0.2, 0.25) is 0 Å². The highest BCUT2D eigenvalue weighted by Gasteiger charge is 2.36. The number of esters is 1. The lowest BCUT2D eigenvalue weighted by atomic mass is 9.94. The fraction of sp³-hybridized carbons (Fsp3) is 0.217. The van der Waals surface area contributed by atoms with E-state index in [0.717, 1.165) is 16.6 Å². The number of carbonyl (C=O) groups is 1. The standard InChI is InChI=1S/C23H23N3O4/c1-5-12-30-22(27)20-14(2)24-23-25-17-8-6-7-9-18(17)26(23)21(20)16-13-15(28-3)10-11-19(16)29-4/h5-11,13,21H,1,12H2,2-4H3,(H,24,25). The first-order chi connectivity index (χ1) is 14.6. The smallest absolute Gasteiger partial charge is 0.338 e. The van der Waals surface area contributed by atoms with Crippen molar-refractivity contribution in [1.82, 2.24) is 9.55 Å². The van der Waals surface area contributed by atoms with Crippen LogP contribution < -0.4 is 14.8 Å². The van der Waals surface area contributed by atoms with Gasteiger partial charge >= 0.3 is 5.97 Å². The molecule has 4 rings (SSSR count). The van der Waals surface area contributed by atoms with E-state index in [0.29, 0.717) is 28.7 Å². The van der Waals surface area contributed by atoms with Crippen LogP contribution in [0.1, 0.15) is 18.5 Å². The quantitative estimate of drug-likeness (QED) is 0.492. The average molecular weight is 405 g/mol. The molecule has 7 nitrogen and oxygen atoms in total. The molecular formula is C23H23N3O4. The Balaban J connectivity index is 2.00. The summed E-state index contributed by atoms with van der Waals surface area (Å²) >= 11 is 0. The van der Waals surface area contributed by atoms with E-state index in [1.165, 1.54) is 0 Å². The molecular weight excluding hydrogens is 382 g/mol. The van der Waals surface area contributed by atoms with E-state index in [-0.39, 0.29) is 6.61 Å². The predicted octanol–water partition coefficient (Wildman–Crippen LogP) is 4.07. The molecule has 2 aromatic carbocycles. The van der Waals surface area contributed by atoms with Crippen molar-refractivity contribution >= 4 is 23.0 Å². The summed E-state index contributed by atoms with van der Waals surface area (Å²) in [5.74, 6) is 1.50. The van der Waals surface area contributed by atoms with Crippen molar-refractivity contribution < 1.29 is 19.0 Å². The van der Waals surface area contributed by atoms with Crippen molar-refractivity contribution in [1.29, 1.82) is 0 Å². The van der Waals surface area contributed by atoms with Gasteiger partial charge in [-0.25, -0.2) is 9.78 Å². The zero-order valence-corrected chi connectivity index (χ0v) is 17.1. The van der Waals surface area contributed by atoms with Gasteiger partial charge in [-0.2, -0.15) is 0 Å². The molecule has 1 aliphatic heterocycles. The second-order valence-electron chi connectivity index (χ2n) is 6.86. The minimum Gasteiger partial charge on any atom is -0.497 e. The Labute approximate surface area is 174 Å². The number of para-hydroxylation sites is 2. The molecule has 154 valence electrons. The van der Waals surface area contributed by atoms with Gasteiger partial charge in [-0.3, -0.25) is 4.57 Å². The largest absolute Gasteiger partial charge is 0.497 e. The fourth-order valence-corrected chi connectivity index (χ4v) is 3.79. The summed E-state index contributed by atoms with van der Waals surface area (Å²) in [5, 5.41) is 3.26. The van der Waals surface area contributed by atoms with Crippen LogP contribution in [-0.4, -0.2) is 36.3 Å². The van der Waals surface area contributed by atoms with Gasteiger partial charge in [0.2, 0.25) is 5.95 Å². The molecule has 1 atom stereocenters.